The smallest absolute Gasteiger partial charge is 0.225 e. The highest BCUT2D eigenvalue weighted by atomic mass is 32.1. The Morgan fingerprint density at radius 1 is 1.41 bits per heavy atom. The van der Waals surface area contributed by atoms with Crippen molar-refractivity contribution in [2.24, 2.45) is 0 Å². The van der Waals surface area contributed by atoms with E-state index in [9.17, 15) is 0 Å². The van der Waals surface area contributed by atoms with E-state index in [0.29, 0.717) is 5.88 Å². The Bertz CT molecular complexity index is 518. The van der Waals surface area contributed by atoms with Gasteiger partial charge in [0.1, 0.15) is 5.69 Å². The summed E-state index contributed by atoms with van der Waals surface area (Å²) < 4.78 is 5.11. The molecule has 1 aliphatic rings. The number of hydrogen-bond acceptors (Lipinski definition) is 4. The zero-order valence-electron chi connectivity index (χ0n) is 9.95. The highest BCUT2D eigenvalue weighted by Crippen LogP contribution is 2.37. The number of aryl methyl sites for hydroxylation is 2. The van der Waals surface area contributed by atoms with Crippen LogP contribution in [-0.4, -0.2) is 5.16 Å². The van der Waals surface area contributed by atoms with E-state index in [0.717, 1.165) is 17.7 Å². The zero-order valence-corrected chi connectivity index (χ0v) is 10.8. The second kappa shape index (κ2) is 4.18. The van der Waals surface area contributed by atoms with Crippen LogP contribution in [0, 0.1) is 0 Å². The van der Waals surface area contributed by atoms with Gasteiger partial charge in [-0.25, -0.2) is 0 Å². The molecule has 0 radical (unpaired) electrons. The number of nitrogens with two attached hydrogens (primary N) is 1. The average molecular weight is 248 g/mol. The lowest BCUT2D eigenvalue weighted by Crippen LogP contribution is -1.96. The van der Waals surface area contributed by atoms with Gasteiger partial charge in [0, 0.05) is 10.4 Å². The van der Waals surface area contributed by atoms with Gasteiger partial charge in [0.15, 0.2) is 0 Å². The molecule has 0 aliphatic heterocycles. The van der Waals surface area contributed by atoms with Gasteiger partial charge in [0.05, 0.1) is 4.88 Å². The van der Waals surface area contributed by atoms with Crippen LogP contribution in [0.1, 0.15) is 35.8 Å². The first-order valence-electron chi connectivity index (χ1n) is 6.15. The third kappa shape index (κ3) is 1.76. The van der Waals surface area contributed by atoms with Gasteiger partial charge in [0.25, 0.3) is 0 Å². The molecule has 0 fully saturated rings. The lowest BCUT2D eigenvalue weighted by Gasteiger charge is -2.08. The molecule has 0 saturated heterocycles. The van der Waals surface area contributed by atoms with E-state index in [1.54, 1.807) is 0 Å². The predicted molar refractivity (Wildman–Crippen MR) is 70.2 cm³/mol. The maximum atomic E-state index is 5.79. The molecule has 0 unspecified atom stereocenters. The van der Waals surface area contributed by atoms with E-state index in [-0.39, 0.29) is 0 Å². The number of rotatable bonds is 2. The van der Waals surface area contributed by atoms with Crippen molar-refractivity contribution in [2.45, 2.75) is 39.0 Å². The summed E-state index contributed by atoms with van der Waals surface area (Å²) in [6.07, 6.45) is 5.92. The van der Waals surface area contributed by atoms with Crippen LogP contribution in [0.3, 0.4) is 0 Å². The Morgan fingerprint density at radius 2 is 2.24 bits per heavy atom. The van der Waals surface area contributed by atoms with Gasteiger partial charge in [-0.2, -0.15) is 0 Å². The minimum Gasteiger partial charge on any atom is -0.367 e. The van der Waals surface area contributed by atoms with Crippen LogP contribution in [0.15, 0.2) is 10.6 Å². The largest absolute Gasteiger partial charge is 0.367 e. The molecule has 2 N–H and O–H groups in total. The van der Waals surface area contributed by atoms with Gasteiger partial charge in [0.2, 0.25) is 5.88 Å². The molecule has 17 heavy (non-hydrogen) atoms. The Kier molecular flexibility index (Phi) is 2.67. The molecule has 3 rings (SSSR count). The second-order valence-corrected chi connectivity index (χ2v) is 5.63. The summed E-state index contributed by atoms with van der Waals surface area (Å²) in [7, 11) is 0. The number of hydrogen-bond donors (Lipinski definition) is 1. The molecule has 0 atom stereocenters. The summed E-state index contributed by atoms with van der Waals surface area (Å²) >= 11 is 1.85. The quantitative estimate of drug-likeness (QED) is 0.885. The fourth-order valence-electron chi connectivity index (χ4n) is 2.46. The molecule has 3 nitrogen and oxygen atoms in total. The number of aromatic nitrogens is 1. The third-order valence-electron chi connectivity index (χ3n) is 3.40. The van der Waals surface area contributed by atoms with Crippen LogP contribution in [0.4, 0.5) is 5.88 Å². The average Bonchev–Trinajstić information content (AvgIpc) is 2.91. The van der Waals surface area contributed by atoms with Crippen LogP contribution >= 0.6 is 11.3 Å². The minimum atomic E-state index is 0.467. The molecule has 0 saturated carbocycles. The van der Waals surface area contributed by atoms with Gasteiger partial charge in [-0.15, -0.1) is 11.3 Å². The fraction of sp³-hybridized carbons (Fsp3) is 0.462. The van der Waals surface area contributed by atoms with Crippen molar-refractivity contribution in [1.29, 1.82) is 0 Å². The monoisotopic (exact) mass is 248 g/mol. The molecule has 90 valence electrons. The molecule has 4 heteroatoms. The minimum absolute atomic E-state index is 0.467. The standard InChI is InChI=1S/C13H16N2OS/c1-2-9-12(15-16-13(9)14)11-7-8-5-3-4-6-10(8)17-11/h7H,2-6,14H2,1H3. The highest BCUT2D eigenvalue weighted by Gasteiger charge is 2.19. The molecule has 2 aromatic rings. The molecule has 2 aromatic heterocycles. The van der Waals surface area contributed by atoms with Crippen molar-refractivity contribution in [1.82, 2.24) is 5.16 Å². The van der Waals surface area contributed by atoms with E-state index >= 15 is 0 Å². The van der Waals surface area contributed by atoms with Crippen LogP contribution in [0.25, 0.3) is 10.6 Å². The van der Waals surface area contributed by atoms with E-state index in [1.807, 2.05) is 11.3 Å². The van der Waals surface area contributed by atoms with Crippen LogP contribution in [-0.2, 0) is 19.3 Å². The molecule has 0 spiro atoms. The predicted octanol–water partition coefficient (Wildman–Crippen LogP) is 3.43. The summed E-state index contributed by atoms with van der Waals surface area (Å²) in [5, 5.41) is 4.11. The molecule has 2 heterocycles. The van der Waals surface area contributed by atoms with E-state index in [1.165, 1.54) is 41.0 Å². The first kappa shape index (κ1) is 10.8. The van der Waals surface area contributed by atoms with E-state index in [4.69, 9.17) is 10.3 Å². The Hall–Kier alpha value is -1.29. The summed E-state index contributed by atoms with van der Waals surface area (Å²) in [6.45, 7) is 2.08. The summed E-state index contributed by atoms with van der Waals surface area (Å²) in [5.41, 5.74) is 9.28. The Balaban J connectivity index is 2.06. The summed E-state index contributed by atoms with van der Waals surface area (Å²) in [4.78, 5) is 2.74. The van der Waals surface area contributed by atoms with Crippen molar-refractivity contribution in [3.8, 4) is 10.6 Å². The number of thiophene rings is 1. The van der Waals surface area contributed by atoms with Crippen LogP contribution in [0.2, 0.25) is 0 Å². The molecule has 0 aromatic carbocycles. The van der Waals surface area contributed by atoms with Gasteiger partial charge in [-0.1, -0.05) is 12.1 Å². The number of anilines is 1. The summed E-state index contributed by atoms with van der Waals surface area (Å²) in [5.74, 6) is 0.467. The lowest BCUT2D eigenvalue weighted by molar-refractivity contribution is 0.439. The number of fused-ring (bicyclic) bond motifs is 1. The van der Waals surface area contributed by atoms with Gasteiger partial charge < -0.3 is 10.3 Å². The normalized spacial score (nSPS) is 14.9. The zero-order chi connectivity index (χ0) is 11.8. The SMILES string of the molecule is CCc1c(-c2cc3c(s2)CCCC3)noc1N. The first-order valence-corrected chi connectivity index (χ1v) is 6.97. The second-order valence-electron chi connectivity index (χ2n) is 4.49. The van der Waals surface area contributed by atoms with Crippen LogP contribution in [0.5, 0.6) is 0 Å². The fourth-order valence-corrected chi connectivity index (χ4v) is 3.73. The molecule has 1 aliphatic carbocycles. The molecule has 0 bridgehead atoms. The maximum absolute atomic E-state index is 5.79. The topological polar surface area (TPSA) is 52.0 Å². The van der Waals surface area contributed by atoms with Crippen molar-refractivity contribution in [3.05, 3.63) is 22.1 Å². The Morgan fingerprint density at radius 3 is 3.00 bits per heavy atom. The molecular formula is C13H16N2OS. The van der Waals surface area contributed by atoms with E-state index < -0.39 is 0 Å². The van der Waals surface area contributed by atoms with Crippen LogP contribution < -0.4 is 5.73 Å². The van der Waals surface area contributed by atoms with Gasteiger partial charge in [-0.3, -0.25) is 0 Å². The van der Waals surface area contributed by atoms with Crippen molar-refractivity contribution < 1.29 is 4.52 Å². The maximum Gasteiger partial charge on any atom is 0.225 e. The Labute approximate surface area is 105 Å². The molecular weight excluding hydrogens is 232 g/mol. The number of nitrogens with zero attached hydrogens (tertiary/aromatic N) is 1. The van der Waals surface area contributed by atoms with E-state index in [2.05, 4.69) is 18.1 Å². The van der Waals surface area contributed by atoms with Crippen molar-refractivity contribution >= 4 is 17.2 Å². The lowest BCUT2D eigenvalue weighted by atomic mass is 9.99. The first-order chi connectivity index (χ1) is 8.29. The van der Waals surface area contributed by atoms with Crippen molar-refractivity contribution in [2.75, 3.05) is 5.73 Å². The molecule has 0 amide bonds. The van der Waals surface area contributed by atoms with Gasteiger partial charge in [-0.05, 0) is 43.7 Å². The van der Waals surface area contributed by atoms with Gasteiger partial charge >= 0.3 is 0 Å². The third-order valence-corrected chi connectivity index (χ3v) is 4.65. The summed E-state index contributed by atoms with van der Waals surface area (Å²) in [6, 6.07) is 2.27. The highest BCUT2D eigenvalue weighted by molar-refractivity contribution is 7.15. The van der Waals surface area contributed by atoms with Crippen molar-refractivity contribution in [3.63, 3.8) is 0 Å². The number of nitrogen functional groups attached to an aromatic ring is 1.